The van der Waals surface area contributed by atoms with Gasteiger partial charge in [0.05, 0.1) is 5.69 Å². The number of nitrogens with zero attached hydrogens (tertiary/aromatic N) is 4. The quantitative estimate of drug-likeness (QED) is 0.863. The van der Waals surface area contributed by atoms with Crippen LogP contribution in [0.4, 0.5) is 0 Å². The molecule has 2 saturated carbocycles. The molecule has 5 nitrogen and oxygen atoms in total. The van der Waals surface area contributed by atoms with E-state index in [0.717, 1.165) is 56.4 Å². The van der Waals surface area contributed by atoms with Crippen molar-refractivity contribution in [2.24, 2.45) is 17.8 Å². The molecule has 132 valence electrons. The van der Waals surface area contributed by atoms with E-state index in [1.807, 2.05) is 24.4 Å². The molecular weight excluding hydrogens is 312 g/mol. The van der Waals surface area contributed by atoms with Crippen molar-refractivity contribution in [1.29, 1.82) is 0 Å². The number of carbonyl (C=O) groups is 1. The van der Waals surface area contributed by atoms with Crippen LogP contribution in [0.5, 0.6) is 0 Å². The van der Waals surface area contributed by atoms with Crippen LogP contribution in [0.1, 0.15) is 31.4 Å². The van der Waals surface area contributed by atoms with Gasteiger partial charge in [-0.25, -0.2) is 4.98 Å². The predicted molar refractivity (Wildman–Crippen MR) is 96.0 cm³/mol. The lowest BCUT2D eigenvalue weighted by molar-refractivity contribution is -0.139. The Morgan fingerprint density at radius 2 is 2.00 bits per heavy atom. The molecule has 2 aromatic rings. The summed E-state index contributed by atoms with van der Waals surface area (Å²) in [6, 6.07) is 6.08. The number of hydrogen-bond donors (Lipinski definition) is 0. The average molecular weight is 338 g/mol. The molecular formula is C20H26N4O. The number of piperazine rings is 1. The lowest BCUT2D eigenvalue weighted by Gasteiger charge is -2.37. The molecule has 5 rings (SSSR count). The average Bonchev–Trinajstić information content (AvgIpc) is 3.36. The van der Waals surface area contributed by atoms with Crippen molar-refractivity contribution < 1.29 is 4.79 Å². The zero-order valence-corrected chi connectivity index (χ0v) is 14.7. The van der Waals surface area contributed by atoms with Gasteiger partial charge in [-0.3, -0.25) is 9.69 Å². The summed E-state index contributed by atoms with van der Waals surface area (Å²) >= 11 is 0. The fraction of sp³-hybridized carbons (Fsp3) is 0.600. The van der Waals surface area contributed by atoms with Crippen molar-refractivity contribution in [3.63, 3.8) is 0 Å². The van der Waals surface area contributed by atoms with E-state index in [0.29, 0.717) is 17.7 Å². The maximum atomic E-state index is 12.9. The highest BCUT2D eigenvalue weighted by atomic mass is 16.2. The Morgan fingerprint density at radius 3 is 2.72 bits per heavy atom. The van der Waals surface area contributed by atoms with Gasteiger partial charge in [0.2, 0.25) is 5.91 Å². The van der Waals surface area contributed by atoms with Crippen LogP contribution in [0, 0.1) is 17.8 Å². The van der Waals surface area contributed by atoms with Gasteiger partial charge in [0.1, 0.15) is 5.65 Å². The number of fused-ring (bicyclic) bond motifs is 3. The summed E-state index contributed by atoms with van der Waals surface area (Å²) in [6.07, 6.45) is 9.27. The summed E-state index contributed by atoms with van der Waals surface area (Å²) < 4.78 is 2.07. The maximum Gasteiger partial charge on any atom is 0.226 e. The smallest absolute Gasteiger partial charge is 0.226 e. The molecule has 0 aromatic carbocycles. The van der Waals surface area contributed by atoms with Gasteiger partial charge >= 0.3 is 0 Å². The molecule has 3 fully saturated rings. The molecule has 1 saturated heterocycles. The lowest BCUT2D eigenvalue weighted by Crippen LogP contribution is -2.50. The van der Waals surface area contributed by atoms with Gasteiger partial charge in [-0.15, -0.1) is 0 Å². The molecule has 2 aliphatic carbocycles. The second kappa shape index (κ2) is 6.13. The predicted octanol–water partition coefficient (Wildman–Crippen LogP) is 2.41. The third-order valence-corrected chi connectivity index (χ3v) is 6.54. The third kappa shape index (κ3) is 2.84. The van der Waals surface area contributed by atoms with Crippen molar-refractivity contribution in [3.8, 4) is 0 Å². The molecule has 3 heterocycles. The fourth-order valence-electron chi connectivity index (χ4n) is 5.20. The highest BCUT2D eigenvalue weighted by Crippen LogP contribution is 2.48. The first kappa shape index (κ1) is 15.4. The summed E-state index contributed by atoms with van der Waals surface area (Å²) in [4.78, 5) is 22.1. The second-order valence-electron chi connectivity index (χ2n) is 8.08. The highest BCUT2D eigenvalue weighted by Gasteiger charge is 2.44. The summed E-state index contributed by atoms with van der Waals surface area (Å²) in [5.41, 5.74) is 2.11. The van der Waals surface area contributed by atoms with Gasteiger partial charge < -0.3 is 9.30 Å². The number of aromatic nitrogens is 2. The summed E-state index contributed by atoms with van der Waals surface area (Å²) in [5.74, 6) is 2.31. The number of amides is 1. The Hall–Kier alpha value is -1.88. The first-order valence-corrected chi connectivity index (χ1v) is 9.70. The van der Waals surface area contributed by atoms with Crippen LogP contribution in [0.2, 0.25) is 0 Å². The second-order valence-corrected chi connectivity index (χ2v) is 8.08. The lowest BCUT2D eigenvalue weighted by atomic mass is 9.87. The number of imidazole rings is 1. The number of pyridine rings is 1. The van der Waals surface area contributed by atoms with Gasteiger partial charge in [0.15, 0.2) is 0 Å². The van der Waals surface area contributed by atoms with Gasteiger partial charge in [0, 0.05) is 51.0 Å². The molecule has 0 spiro atoms. The fourth-order valence-corrected chi connectivity index (χ4v) is 5.20. The van der Waals surface area contributed by atoms with E-state index >= 15 is 0 Å². The van der Waals surface area contributed by atoms with Gasteiger partial charge in [-0.05, 0) is 43.2 Å². The van der Waals surface area contributed by atoms with E-state index in [2.05, 4.69) is 20.4 Å². The van der Waals surface area contributed by atoms with Gasteiger partial charge in [-0.1, -0.05) is 12.5 Å². The zero-order chi connectivity index (χ0) is 16.8. The van der Waals surface area contributed by atoms with Crippen LogP contribution in [0.25, 0.3) is 5.65 Å². The van der Waals surface area contributed by atoms with Gasteiger partial charge in [0.25, 0.3) is 0 Å². The van der Waals surface area contributed by atoms with Crippen molar-refractivity contribution in [3.05, 3.63) is 36.3 Å². The van der Waals surface area contributed by atoms with Crippen LogP contribution >= 0.6 is 0 Å². The molecule has 5 heteroatoms. The largest absolute Gasteiger partial charge is 0.340 e. The monoisotopic (exact) mass is 338 g/mol. The molecule has 0 N–H and O–H groups in total. The highest BCUT2D eigenvalue weighted by molar-refractivity contribution is 5.79. The summed E-state index contributed by atoms with van der Waals surface area (Å²) in [5, 5.41) is 0. The van der Waals surface area contributed by atoms with Crippen molar-refractivity contribution in [2.45, 2.75) is 32.2 Å². The van der Waals surface area contributed by atoms with E-state index in [-0.39, 0.29) is 0 Å². The molecule has 1 amide bonds. The molecule has 0 radical (unpaired) electrons. The molecule has 3 aliphatic rings. The maximum absolute atomic E-state index is 12.9. The summed E-state index contributed by atoms with van der Waals surface area (Å²) in [7, 11) is 0. The molecule has 1 aliphatic heterocycles. The zero-order valence-electron chi connectivity index (χ0n) is 14.7. The molecule has 2 aromatic heterocycles. The number of carbonyl (C=O) groups excluding carboxylic acids is 1. The van der Waals surface area contributed by atoms with E-state index in [9.17, 15) is 4.79 Å². The number of rotatable bonds is 3. The Balaban J connectivity index is 1.18. The van der Waals surface area contributed by atoms with Gasteiger partial charge in [-0.2, -0.15) is 0 Å². The summed E-state index contributed by atoms with van der Waals surface area (Å²) in [6.45, 7) is 4.54. The van der Waals surface area contributed by atoms with E-state index in [1.165, 1.54) is 19.3 Å². The Morgan fingerprint density at radius 1 is 1.12 bits per heavy atom. The minimum atomic E-state index is 0.337. The molecule has 25 heavy (non-hydrogen) atoms. The number of hydrogen-bond acceptors (Lipinski definition) is 3. The van der Waals surface area contributed by atoms with Crippen LogP contribution in [0.3, 0.4) is 0 Å². The minimum Gasteiger partial charge on any atom is -0.340 e. The van der Waals surface area contributed by atoms with Crippen LogP contribution < -0.4 is 0 Å². The first-order chi connectivity index (χ1) is 12.3. The third-order valence-electron chi connectivity index (χ3n) is 6.54. The topological polar surface area (TPSA) is 40.9 Å². The minimum absolute atomic E-state index is 0.337. The SMILES string of the molecule is O=C([C@@H]1C[C@H]2CC[C@H]1C2)N1CCN(Cc2cn3ccccc3n2)CC1. The molecule has 0 unspecified atom stereocenters. The van der Waals surface area contributed by atoms with Crippen LogP contribution in [-0.4, -0.2) is 51.3 Å². The Bertz CT molecular complexity index is 744. The van der Waals surface area contributed by atoms with E-state index < -0.39 is 0 Å². The van der Waals surface area contributed by atoms with Crippen molar-refractivity contribution in [1.82, 2.24) is 19.2 Å². The van der Waals surface area contributed by atoms with Crippen molar-refractivity contribution in [2.75, 3.05) is 26.2 Å². The normalized spacial score (nSPS) is 29.6. The standard InChI is InChI=1S/C20H26N4O/c25-20(18-12-15-4-5-16(18)11-15)23-9-7-22(8-10-23)13-17-14-24-6-2-1-3-19(24)21-17/h1-3,6,14-16,18H,4-5,7-13H2/t15-,16-,18+/m0/s1. The Kier molecular flexibility index (Phi) is 3.77. The van der Waals surface area contributed by atoms with E-state index in [4.69, 9.17) is 4.98 Å². The van der Waals surface area contributed by atoms with Crippen molar-refractivity contribution >= 4 is 11.6 Å². The van der Waals surface area contributed by atoms with Crippen LogP contribution in [-0.2, 0) is 11.3 Å². The molecule has 2 bridgehead atoms. The van der Waals surface area contributed by atoms with E-state index in [1.54, 1.807) is 0 Å². The Labute approximate surface area is 148 Å². The van der Waals surface area contributed by atoms with Crippen LogP contribution in [0.15, 0.2) is 30.6 Å². The molecule has 3 atom stereocenters. The first-order valence-electron chi connectivity index (χ1n) is 9.70.